The number of hydrogen-bond acceptors (Lipinski definition) is 2. The second-order valence-electron chi connectivity index (χ2n) is 4.28. The molecule has 1 heterocycles. The van der Waals surface area contributed by atoms with Crippen LogP contribution in [0.5, 0.6) is 0 Å². The van der Waals surface area contributed by atoms with E-state index in [4.69, 9.17) is 4.74 Å². The van der Waals surface area contributed by atoms with Crippen molar-refractivity contribution < 1.29 is 4.74 Å². The summed E-state index contributed by atoms with van der Waals surface area (Å²) in [5, 5.41) is 3.61. The average molecular weight is 211 g/mol. The minimum absolute atomic E-state index is 0.533. The van der Waals surface area contributed by atoms with Crippen LogP contribution in [0, 0.1) is 5.92 Å². The lowest BCUT2D eigenvalue weighted by Crippen LogP contribution is -2.38. The summed E-state index contributed by atoms with van der Waals surface area (Å²) in [6.45, 7) is 8.68. The van der Waals surface area contributed by atoms with E-state index in [2.05, 4.69) is 26.1 Å². The number of hydrogen-bond donors (Lipinski definition) is 1. The van der Waals surface area contributed by atoms with Crippen LogP contribution in [0.25, 0.3) is 0 Å². The molecule has 0 saturated carbocycles. The van der Waals surface area contributed by atoms with E-state index in [9.17, 15) is 0 Å². The molecule has 0 aliphatic carbocycles. The van der Waals surface area contributed by atoms with Crippen molar-refractivity contribution >= 4 is 0 Å². The molecule has 0 saturated heterocycles. The van der Waals surface area contributed by atoms with Crippen molar-refractivity contribution in [3.63, 3.8) is 0 Å². The third-order valence-corrected chi connectivity index (χ3v) is 3.31. The van der Waals surface area contributed by atoms with Crippen LogP contribution in [0.2, 0.25) is 0 Å². The molecule has 0 aromatic heterocycles. The molecule has 1 unspecified atom stereocenters. The summed E-state index contributed by atoms with van der Waals surface area (Å²) in [5.74, 6) is 0.748. The predicted octanol–water partition coefficient (Wildman–Crippen LogP) is 3.10. The summed E-state index contributed by atoms with van der Waals surface area (Å²) >= 11 is 0. The first-order valence-electron chi connectivity index (χ1n) is 6.37. The van der Waals surface area contributed by atoms with Gasteiger partial charge in [0.15, 0.2) is 0 Å². The fourth-order valence-corrected chi connectivity index (χ4v) is 2.39. The molecule has 1 atom stereocenters. The summed E-state index contributed by atoms with van der Waals surface area (Å²) in [6.07, 6.45) is 6.86. The molecule has 1 N–H and O–H groups in total. The van der Waals surface area contributed by atoms with Crippen molar-refractivity contribution in [3.8, 4) is 0 Å². The van der Waals surface area contributed by atoms with Crippen molar-refractivity contribution in [2.75, 3.05) is 13.2 Å². The lowest BCUT2D eigenvalue weighted by Gasteiger charge is -2.30. The number of ether oxygens (including phenoxy) is 1. The maximum Gasteiger partial charge on any atom is 0.0876 e. The van der Waals surface area contributed by atoms with Gasteiger partial charge in [0, 0.05) is 6.04 Å². The van der Waals surface area contributed by atoms with E-state index in [1.807, 2.05) is 6.26 Å². The van der Waals surface area contributed by atoms with Gasteiger partial charge in [-0.25, -0.2) is 0 Å². The molecule has 0 fully saturated rings. The molecule has 0 bridgehead atoms. The lowest BCUT2D eigenvalue weighted by molar-refractivity contribution is 0.213. The topological polar surface area (TPSA) is 21.3 Å². The molecule has 0 aromatic carbocycles. The minimum Gasteiger partial charge on any atom is -0.501 e. The van der Waals surface area contributed by atoms with Crippen molar-refractivity contribution in [3.05, 3.63) is 11.8 Å². The SMILES string of the molecule is CCNC(C1=COCCC1)C(CC)CC. The largest absolute Gasteiger partial charge is 0.501 e. The van der Waals surface area contributed by atoms with Gasteiger partial charge >= 0.3 is 0 Å². The van der Waals surface area contributed by atoms with Crippen molar-refractivity contribution in [1.82, 2.24) is 5.32 Å². The van der Waals surface area contributed by atoms with Crippen LogP contribution in [0.1, 0.15) is 46.5 Å². The Hall–Kier alpha value is -0.500. The molecule has 1 aliphatic heterocycles. The molecule has 0 spiro atoms. The van der Waals surface area contributed by atoms with Gasteiger partial charge in [-0.3, -0.25) is 0 Å². The molecule has 1 aliphatic rings. The molecule has 1 rings (SSSR count). The monoisotopic (exact) mass is 211 g/mol. The second-order valence-corrected chi connectivity index (χ2v) is 4.28. The first-order valence-corrected chi connectivity index (χ1v) is 6.37. The van der Waals surface area contributed by atoms with Gasteiger partial charge in [-0.15, -0.1) is 0 Å². The molecule has 0 aromatic rings. The van der Waals surface area contributed by atoms with Gasteiger partial charge in [0.2, 0.25) is 0 Å². The van der Waals surface area contributed by atoms with Crippen LogP contribution < -0.4 is 5.32 Å². The standard InChI is InChI=1S/C13H25NO/c1-4-11(5-2)13(14-6-3)12-8-7-9-15-10-12/h10-11,13-14H,4-9H2,1-3H3. The minimum atomic E-state index is 0.533. The van der Waals surface area contributed by atoms with E-state index in [0.717, 1.165) is 19.1 Å². The van der Waals surface area contributed by atoms with Crippen molar-refractivity contribution in [2.45, 2.75) is 52.5 Å². The van der Waals surface area contributed by atoms with E-state index >= 15 is 0 Å². The zero-order valence-electron chi connectivity index (χ0n) is 10.4. The summed E-state index contributed by atoms with van der Waals surface area (Å²) in [4.78, 5) is 0. The van der Waals surface area contributed by atoms with Crippen LogP contribution in [0.4, 0.5) is 0 Å². The highest BCUT2D eigenvalue weighted by atomic mass is 16.5. The van der Waals surface area contributed by atoms with Gasteiger partial charge in [0.05, 0.1) is 12.9 Å². The number of nitrogens with one attached hydrogen (secondary N) is 1. The highest BCUT2D eigenvalue weighted by Gasteiger charge is 2.22. The maximum atomic E-state index is 5.45. The van der Waals surface area contributed by atoms with E-state index in [-0.39, 0.29) is 0 Å². The Labute approximate surface area is 94.1 Å². The quantitative estimate of drug-likeness (QED) is 0.729. The summed E-state index contributed by atoms with van der Waals surface area (Å²) in [7, 11) is 0. The third kappa shape index (κ3) is 3.53. The predicted molar refractivity (Wildman–Crippen MR) is 64.8 cm³/mol. The zero-order valence-corrected chi connectivity index (χ0v) is 10.4. The van der Waals surface area contributed by atoms with E-state index in [1.165, 1.54) is 31.3 Å². The van der Waals surface area contributed by atoms with Crippen LogP contribution in [-0.4, -0.2) is 19.2 Å². The number of likely N-dealkylation sites (N-methyl/N-ethyl adjacent to an activating group) is 1. The Balaban J connectivity index is 2.66. The molecule has 2 nitrogen and oxygen atoms in total. The summed E-state index contributed by atoms with van der Waals surface area (Å²) < 4.78 is 5.45. The normalized spacial score (nSPS) is 18.5. The van der Waals surface area contributed by atoms with E-state index in [1.54, 1.807) is 0 Å². The van der Waals surface area contributed by atoms with Gasteiger partial charge in [-0.05, 0) is 30.9 Å². The Morgan fingerprint density at radius 1 is 1.33 bits per heavy atom. The van der Waals surface area contributed by atoms with Crippen molar-refractivity contribution in [2.24, 2.45) is 5.92 Å². The van der Waals surface area contributed by atoms with Crippen LogP contribution in [-0.2, 0) is 4.74 Å². The maximum absolute atomic E-state index is 5.45. The first-order chi connectivity index (χ1) is 7.33. The molecular weight excluding hydrogens is 186 g/mol. The Morgan fingerprint density at radius 3 is 2.53 bits per heavy atom. The van der Waals surface area contributed by atoms with Crippen LogP contribution in [0.15, 0.2) is 11.8 Å². The average Bonchev–Trinajstić information content (AvgIpc) is 2.30. The van der Waals surface area contributed by atoms with Gasteiger partial charge < -0.3 is 10.1 Å². The Morgan fingerprint density at radius 2 is 2.07 bits per heavy atom. The van der Waals surface area contributed by atoms with E-state index in [0.29, 0.717) is 6.04 Å². The lowest BCUT2D eigenvalue weighted by atomic mass is 9.87. The molecular formula is C13H25NO. The van der Waals surface area contributed by atoms with Gasteiger partial charge in [-0.2, -0.15) is 0 Å². The van der Waals surface area contributed by atoms with E-state index < -0.39 is 0 Å². The summed E-state index contributed by atoms with van der Waals surface area (Å²) in [5.41, 5.74) is 1.47. The highest BCUT2D eigenvalue weighted by Crippen LogP contribution is 2.24. The molecule has 2 heteroatoms. The number of rotatable bonds is 6. The molecule has 0 radical (unpaired) electrons. The van der Waals surface area contributed by atoms with Gasteiger partial charge in [0.1, 0.15) is 0 Å². The molecule has 88 valence electrons. The fourth-order valence-electron chi connectivity index (χ4n) is 2.39. The third-order valence-electron chi connectivity index (χ3n) is 3.31. The van der Waals surface area contributed by atoms with Crippen LogP contribution >= 0.6 is 0 Å². The first kappa shape index (κ1) is 12.6. The molecule has 0 amide bonds. The molecule has 15 heavy (non-hydrogen) atoms. The van der Waals surface area contributed by atoms with Gasteiger partial charge in [-0.1, -0.05) is 33.6 Å². The smallest absolute Gasteiger partial charge is 0.0876 e. The summed E-state index contributed by atoms with van der Waals surface area (Å²) in [6, 6.07) is 0.533. The van der Waals surface area contributed by atoms with Crippen LogP contribution in [0.3, 0.4) is 0 Å². The van der Waals surface area contributed by atoms with Gasteiger partial charge in [0.25, 0.3) is 0 Å². The highest BCUT2D eigenvalue weighted by molar-refractivity contribution is 5.11. The Kier molecular flexibility index (Phi) is 5.77. The Bertz CT molecular complexity index is 197. The zero-order chi connectivity index (χ0) is 11.1. The fraction of sp³-hybridized carbons (Fsp3) is 0.846. The second kappa shape index (κ2) is 6.89. The van der Waals surface area contributed by atoms with Crippen molar-refractivity contribution in [1.29, 1.82) is 0 Å².